The normalized spacial score (nSPS) is 14.2. The molecule has 0 fully saturated rings. The Bertz CT molecular complexity index is 1190. The molecule has 4 heteroatoms. The first kappa shape index (κ1) is 15.9. The molecule has 0 aliphatic carbocycles. The zero-order chi connectivity index (χ0) is 18.7. The van der Waals surface area contributed by atoms with Crippen molar-refractivity contribution in [2.45, 2.75) is 0 Å². The van der Waals surface area contributed by atoms with Crippen LogP contribution in [-0.2, 0) is 0 Å². The Kier molecular flexibility index (Phi) is 3.25. The average molecular weight is 375 g/mol. The first-order valence-electron chi connectivity index (χ1n) is 9.42. The standard InChI is InChI=1S/C24H16BO2Si/c26-25-27-16-13-14-20-19-9-3-6-12-23(19)28(24(20)15-16)21-10-4-1-7-17(21)18-8-2-5-11-22(18)28/h1-15,26H. The fourth-order valence-corrected chi connectivity index (χ4v) is 10.8. The highest BCUT2D eigenvalue weighted by Crippen LogP contribution is 2.36. The fraction of sp³-hybridized carbons (Fsp3) is 0. The molecule has 0 saturated heterocycles. The minimum Gasteiger partial charge on any atom is -0.537 e. The lowest BCUT2D eigenvalue weighted by Crippen LogP contribution is -2.70. The van der Waals surface area contributed by atoms with Gasteiger partial charge in [0, 0.05) is 0 Å². The lowest BCUT2D eigenvalue weighted by atomic mass is 10.1. The van der Waals surface area contributed by atoms with Crippen LogP contribution in [0.1, 0.15) is 0 Å². The van der Waals surface area contributed by atoms with Crippen molar-refractivity contribution >= 4 is 36.5 Å². The molecule has 131 valence electrons. The maximum atomic E-state index is 9.18. The lowest BCUT2D eigenvalue weighted by Gasteiger charge is -2.27. The molecular formula is C24H16BO2Si. The predicted molar refractivity (Wildman–Crippen MR) is 117 cm³/mol. The van der Waals surface area contributed by atoms with Gasteiger partial charge >= 0.3 is 7.69 Å². The molecular weight excluding hydrogens is 359 g/mol. The summed E-state index contributed by atoms with van der Waals surface area (Å²) in [5.41, 5.74) is 5.27. The quantitative estimate of drug-likeness (QED) is 0.469. The van der Waals surface area contributed by atoms with Gasteiger partial charge in [0.05, 0.1) is 5.75 Å². The SMILES string of the molecule is O[B]Oc1ccc2c(c1)[Si]1(c3ccccc3-c3ccccc31)c1ccccc1-2. The van der Waals surface area contributed by atoms with Gasteiger partial charge in [0.1, 0.15) is 0 Å². The van der Waals surface area contributed by atoms with E-state index in [1.54, 1.807) is 0 Å². The van der Waals surface area contributed by atoms with E-state index in [2.05, 4.69) is 84.9 Å². The van der Waals surface area contributed by atoms with Crippen molar-refractivity contribution < 1.29 is 9.68 Å². The van der Waals surface area contributed by atoms with Gasteiger partial charge in [-0.2, -0.15) is 0 Å². The van der Waals surface area contributed by atoms with Gasteiger partial charge in [0.15, 0.2) is 8.07 Å². The van der Waals surface area contributed by atoms with Crippen LogP contribution in [0, 0.1) is 0 Å². The smallest absolute Gasteiger partial charge is 0.537 e. The third-order valence-corrected chi connectivity index (χ3v) is 11.1. The number of fused-ring (bicyclic) bond motifs is 10. The monoisotopic (exact) mass is 375 g/mol. The second kappa shape index (κ2) is 5.71. The van der Waals surface area contributed by atoms with Crippen LogP contribution in [0.4, 0.5) is 0 Å². The summed E-state index contributed by atoms with van der Waals surface area (Å²) in [6.45, 7) is 0. The summed E-state index contributed by atoms with van der Waals surface area (Å²) in [6, 6.07) is 32.7. The minimum atomic E-state index is -2.39. The highest BCUT2D eigenvalue weighted by atomic mass is 28.3. The van der Waals surface area contributed by atoms with Gasteiger partial charge in [-0.3, -0.25) is 0 Å². The van der Waals surface area contributed by atoms with Crippen LogP contribution < -0.4 is 25.4 Å². The number of hydrogen-bond donors (Lipinski definition) is 1. The summed E-state index contributed by atoms with van der Waals surface area (Å²) >= 11 is 0. The van der Waals surface area contributed by atoms with Crippen LogP contribution in [0.25, 0.3) is 22.3 Å². The maximum absolute atomic E-state index is 9.18. The zero-order valence-electron chi connectivity index (χ0n) is 15.1. The molecule has 4 aromatic rings. The second-order valence-corrected chi connectivity index (χ2v) is 11.0. The lowest BCUT2D eigenvalue weighted by molar-refractivity contribution is 0.454. The van der Waals surface area contributed by atoms with Crippen molar-refractivity contribution in [2.75, 3.05) is 0 Å². The molecule has 0 bridgehead atoms. The molecule has 0 amide bonds. The fourth-order valence-electron chi connectivity index (χ4n) is 5.21. The van der Waals surface area contributed by atoms with Crippen LogP contribution in [0.5, 0.6) is 5.75 Å². The van der Waals surface area contributed by atoms with Crippen LogP contribution in [0.3, 0.4) is 0 Å². The van der Waals surface area contributed by atoms with E-state index in [0.29, 0.717) is 5.75 Å². The maximum Gasteiger partial charge on any atom is 0.569 e. The number of hydrogen-bond acceptors (Lipinski definition) is 2. The Hall–Kier alpha value is -3.08. The molecule has 28 heavy (non-hydrogen) atoms. The van der Waals surface area contributed by atoms with E-state index in [1.165, 1.54) is 43.0 Å². The molecule has 2 aliphatic heterocycles. The van der Waals surface area contributed by atoms with E-state index >= 15 is 0 Å². The Labute approximate surface area is 165 Å². The van der Waals surface area contributed by atoms with E-state index in [9.17, 15) is 5.02 Å². The predicted octanol–water partition coefficient (Wildman–Crippen LogP) is 1.93. The summed E-state index contributed by atoms with van der Waals surface area (Å²) in [5.74, 6) is 0.669. The number of rotatable bonds is 2. The van der Waals surface area contributed by atoms with Gasteiger partial charge in [-0.1, -0.05) is 78.9 Å². The third kappa shape index (κ3) is 1.81. The molecule has 1 spiro atoms. The van der Waals surface area contributed by atoms with Gasteiger partial charge in [0.25, 0.3) is 0 Å². The highest BCUT2D eigenvalue weighted by Gasteiger charge is 2.53. The van der Waals surface area contributed by atoms with E-state index in [4.69, 9.17) is 4.65 Å². The highest BCUT2D eigenvalue weighted by molar-refractivity contribution is 7.24. The topological polar surface area (TPSA) is 29.5 Å². The zero-order valence-corrected chi connectivity index (χ0v) is 16.1. The summed E-state index contributed by atoms with van der Waals surface area (Å²) in [4.78, 5) is 0. The molecule has 0 atom stereocenters. The van der Waals surface area contributed by atoms with Crippen LogP contribution >= 0.6 is 0 Å². The van der Waals surface area contributed by atoms with E-state index in [1.807, 2.05) is 6.07 Å². The van der Waals surface area contributed by atoms with Crippen molar-refractivity contribution in [3.8, 4) is 28.0 Å². The van der Waals surface area contributed by atoms with Gasteiger partial charge in [-0.15, -0.1) is 0 Å². The van der Waals surface area contributed by atoms with Gasteiger partial charge in [0.2, 0.25) is 0 Å². The average Bonchev–Trinajstić information content (AvgIpc) is 3.21. The largest absolute Gasteiger partial charge is 0.569 e. The molecule has 2 nitrogen and oxygen atoms in total. The van der Waals surface area contributed by atoms with Crippen molar-refractivity contribution in [3.05, 3.63) is 91.0 Å². The molecule has 0 unspecified atom stereocenters. The first-order chi connectivity index (χ1) is 13.9. The molecule has 1 radical (unpaired) electrons. The Balaban J connectivity index is 1.80. The number of benzene rings is 4. The minimum absolute atomic E-state index is 0.669. The molecule has 2 heterocycles. The summed E-state index contributed by atoms with van der Waals surface area (Å²) < 4.78 is 5.36. The van der Waals surface area contributed by atoms with Gasteiger partial charge in [-0.25, -0.2) is 0 Å². The Morgan fingerprint density at radius 2 is 1.04 bits per heavy atom. The van der Waals surface area contributed by atoms with E-state index in [-0.39, 0.29) is 0 Å². The van der Waals surface area contributed by atoms with Crippen LogP contribution in [0.15, 0.2) is 91.0 Å². The summed E-state index contributed by atoms with van der Waals surface area (Å²) in [5, 5.41) is 14.8. The molecule has 0 aromatic heterocycles. The molecule has 2 aliphatic rings. The molecule has 1 N–H and O–H groups in total. The second-order valence-electron chi connectivity index (χ2n) is 7.32. The van der Waals surface area contributed by atoms with Crippen molar-refractivity contribution in [3.63, 3.8) is 0 Å². The first-order valence-corrected chi connectivity index (χ1v) is 11.4. The third-order valence-electron chi connectivity index (χ3n) is 6.16. The van der Waals surface area contributed by atoms with Gasteiger partial charge < -0.3 is 9.68 Å². The van der Waals surface area contributed by atoms with Crippen molar-refractivity contribution in [1.29, 1.82) is 0 Å². The van der Waals surface area contributed by atoms with E-state index < -0.39 is 8.07 Å². The van der Waals surface area contributed by atoms with Crippen molar-refractivity contribution in [2.24, 2.45) is 0 Å². The van der Waals surface area contributed by atoms with Crippen molar-refractivity contribution in [1.82, 2.24) is 0 Å². The molecule has 6 rings (SSSR count). The van der Waals surface area contributed by atoms with Crippen LogP contribution in [-0.4, -0.2) is 20.8 Å². The molecule has 4 aromatic carbocycles. The van der Waals surface area contributed by atoms with Crippen LogP contribution in [0.2, 0.25) is 0 Å². The van der Waals surface area contributed by atoms with Gasteiger partial charge in [-0.05, 0) is 55.1 Å². The van der Waals surface area contributed by atoms with E-state index in [0.717, 1.165) is 7.69 Å². The Morgan fingerprint density at radius 1 is 0.571 bits per heavy atom. The summed E-state index contributed by atoms with van der Waals surface area (Å²) in [7, 11) is -1.63. The molecule has 0 saturated carbocycles. The Morgan fingerprint density at radius 3 is 1.54 bits per heavy atom. The summed E-state index contributed by atoms with van der Waals surface area (Å²) in [6.07, 6.45) is 0.